The quantitative estimate of drug-likeness (QED) is 0.143. The number of hydrogen-bond donors (Lipinski definition) is 3. The number of carbonyl (C=O) groups is 1. The predicted molar refractivity (Wildman–Crippen MR) is 124 cm³/mol. The van der Waals surface area contributed by atoms with Crippen LogP contribution in [0.3, 0.4) is 0 Å². The maximum Gasteiger partial charge on any atom is 0.469 e. The molecule has 1 amide bonds. The van der Waals surface area contributed by atoms with E-state index >= 15 is 0 Å². The number of carbonyl (C=O) groups excluding carboxylic acids is 1. The van der Waals surface area contributed by atoms with Gasteiger partial charge in [0.1, 0.15) is 0 Å². The van der Waals surface area contributed by atoms with E-state index in [9.17, 15) is 9.36 Å². The highest BCUT2D eigenvalue weighted by Gasteiger charge is 2.16. The summed E-state index contributed by atoms with van der Waals surface area (Å²) in [5.41, 5.74) is 0. The first-order valence-corrected chi connectivity index (χ1v) is 12.5. The zero-order chi connectivity index (χ0) is 22.5. The van der Waals surface area contributed by atoms with Crippen LogP contribution in [-0.4, -0.2) is 28.3 Å². The molecule has 0 aliphatic carbocycles. The van der Waals surface area contributed by atoms with Crippen molar-refractivity contribution in [3.63, 3.8) is 0 Å². The molecule has 0 saturated carbocycles. The van der Waals surface area contributed by atoms with E-state index in [0.29, 0.717) is 6.42 Å². The predicted octanol–water partition coefficient (Wildman–Crippen LogP) is 5.75. The van der Waals surface area contributed by atoms with Gasteiger partial charge in [-0.1, -0.05) is 68.4 Å². The first kappa shape index (κ1) is 28.5. The molecule has 0 unspecified atom stereocenters. The van der Waals surface area contributed by atoms with Gasteiger partial charge in [0.2, 0.25) is 5.91 Å². The first-order valence-electron chi connectivity index (χ1n) is 10.9. The average Bonchev–Trinajstić information content (AvgIpc) is 2.68. The summed E-state index contributed by atoms with van der Waals surface area (Å²) in [6.45, 7) is 3.65. The summed E-state index contributed by atoms with van der Waals surface area (Å²) in [4.78, 5) is 29.0. The normalized spacial score (nSPS) is 13.9. The molecule has 0 aromatic heterocycles. The highest BCUT2D eigenvalue weighted by Crippen LogP contribution is 2.35. The number of rotatable bonds is 18. The van der Waals surface area contributed by atoms with Gasteiger partial charge >= 0.3 is 7.82 Å². The molecule has 0 aliphatic heterocycles. The Balaban J connectivity index is 3.62. The number of hydrogen-bond acceptors (Lipinski definition) is 3. The topological polar surface area (TPSA) is 95.9 Å². The van der Waals surface area contributed by atoms with Gasteiger partial charge in [-0.25, -0.2) is 4.57 Å². The standard InChI is InChI=1S/C23H40NO5P/c1-3-4-5-6-7-8-9-10-11-12-13-14-15-16-17-18-19-20-23(25)24-22(2)21-29-30(26,27)28/h7-8,10-11,13-14,16-17,22H,3-6,9,12,15,18-21H2,1-2H3,(H,24,25)(H2,26,27,28)/b8-7-,11-10-,14-13+,17-16-/t22-/m1/s1. The molecule has 0 bridgehead atoms. The molecule has 0 saturated heterocycles. The number of unbranched alkanes of at least 4 members (excludes halogenated alkanes) is 4. The molecule has 0 aromatic carbocycles. The first-order chi connectivity index (χ1) is 14.3. The van der Waals surface area contributed by atoms with Crippen LogP contribution in [0.1, 0.15) is 78.1 Å². The van der Waals surface area contributed by atoms with Crippen molar-refractivity contribution in [2.45, 2.75) is 84.1 Å². The number of phosphoric acid groups is 1. The second-order valence-corrected chi connectivity index (χ2v) is 8.47. The minimum atomic E-state index is -4.49. The summed E-state index contributed by atoms with van der Waals surface area (Å²) in [7, 11) is -4.49. The smallest absolute Gasteiger partial charge is 0.351 e. The van der Waals surface area contributed by atoms with Crippen molar-refractivity contribution in [3.8, 4) is 0 Å². The highest BCUT2D eigenvalue weighted by atomic mass is 31.2. The molecule has 3 N–H and O–H groups in total. The van der Waals surface area contributed by atoms with Crippen LogP contribution in [0, 0.1) is 0 Å². The SMILES string of the molecule is CCCCC/C=C\C/C=C\C/C=C/C/C=C\CCCC(=O)N[C@H](C)COP(=O)(O)O. The van der Waals surface area contributed by atoms with Crippen molar-refractivity contribution >= 4 is 13.7 Å². The monoisotopic (exact) mass is 441 g/mol. The molecule has 6 nitrogen and oxygen atoms in total. The van der Waals surface area contributed by atoms with Gasteiger partial charge in [-0.15, -0.1) is 0 Å². The minimum Gasteiger partial charge on any atom is -0.351 e. The second kappa shape index (κ2) is 19.5. The van der Waals surface area contributed by atoms with Crippen LogP contribution in [0.15, 0.2) is 48.6 Å². The fourth-order valence-electron chi connectivity index (χ4n) is 2.54. The lowest BCUT2D eigenvalue weighted by atomic mass is 10.2. The van der Waals surface area contributed by atoms with Crippen LogP contribution in [0.2, 0.25) is 0 Å². The summed E-state index contributed by atoms with van der Waals surface area (Å²) in [5.74, 6) is -0.146. The fraction of sp³-hybridized carbons (Fsp3) is 0.609. The molecule has 30 heavy (non-hydrogen) atoms. The lowest BCUT2D eigenvalue weighted by Crippen LogP contribution is -2.35. The zero-order valence-electron chi connectivity index (χ0n) is 18.5. The van der Waals surface area contributed by atoms with E-state index in [-0.39, 0.29) is 12.5 Å². The molecular formula is C23H40NO5P. The molecule has 0 spiro atoms. The zero-order valence-corrected chi connectivity index (χ0v) is 19.4. The number of amides is 1. The molecular weight excluding hydrogens is 401 g/mol. The Hall–Kier alpha value is -1.46. The maximum atomic E-state index is 11.7. The molecule has 0 rings (SSSR count). The Bertz CT molecular complexity index is 592. The second-order valence-electron chi connectivity index (χ2n) is 7.24. The molecule has 0 radical (unpaired) electrons. The lowest BCUT2D eigenvalue weighted by Gasteiger charge is -2.14. The largest absolute Gasteiger partial charge is 0.469 e. The van der Waals surface area contributed by atoms with E-state index in [4.69, 9.17) is 9.79 Å². The fourth-order valence-corrected chi connectivity index (χ4v) is 2.96. The van der Waals surface area contributed by atoms with Gasteiger partial charge in [0.15, 0.2) is 0 Å². The molecule has 0 aromatic rings. The highest BCUT2D eigenvalue weighted by molar-refractivity contribution is 7.46. The van der Waals surface area contributed by atoms with Crippen LogP contribution in [-0.2, 0) is 13.9 Å². The number of allylic oxidation sites excluding steroid dienone is 8. The molecule has 0 aliphatic rings. The third kappa shape index (κ3) is 22.8. The van der Waals surface area contributed by atoms with Crippen LogP contribution < -0.4 is 5.32 Å². The van der Waals surface area contributed by atoms with Gasteiger partial charge in [0.05, 0.1) is 6.61 Å². The third-order valence-corrected chi connectivity index (χ3v) is 4.62. The summed E-state index contributed by atoms with van der Waals surface area (Å²) >= 11 is 0. The van der Waals surface area contributed by atoms with Crippen molar-refractivity contribution in [1.29, 1.82) is 0 Å². The van der Waals surface area contributed by atoms with E-state index in [1.165, 1.54) is 25.7 Å². The number of nitrogens with one attached hydrogen (secondary N) is 1. The molecule has 0 heterocycles. The Labute approximate surface area is 182 Å². The van der Waals surface area contributed by atoms with Gasteiger partial charge in [-0.3, -0.25) is 9.32 Å². The Morgan fingerprint density at radius 1 is 0.900 bits per heavy atom. The van der Waals surface area contributed by atoms with Crippen LogP contribution in [0.25, 0.3) is 0 Å². The van der Waals surface area contributed by atoms with Gasteiger partial charge in [-0.2, -0.15) is 0 Å². The molecule has 1 atom stereocenters. The van der Waals surface area contributed by atoms with Crippen molar-refractivity contribution in [2.75, 3.05) is 6.61 Å². The summed E-state index contributed by atoms with van der Waals surface area (Å²) in [6, 6.07) is -0.443. The molecule has 7 heteroatoms. The van der Waals surface area contributed by atoms with Crippen molar-refractivity contribution in [1.82, 2.24) is 5.32 Å². The van der Waals surface area contributed by atoms with E-state index in [2.05, 4.69) is 65.4 Å². The number of phosphoric ester groups is 1. The Morgan fingerprint density at radius 2 is 1.40 bits per heavy atom. The molecule has 172 valence electrons. The lowest BCUT2D eigenvalue weighted by molar-refractivity contribution is -0.122. The van der Waals surface area contributed by atoms with Crippen molar-refractivity contribution < 1.29 is 23.7 Å². The van der Waals surface area contributed by atoms with Gasteiger partial charge < -0.3 is 15.1 Å². The summed E-state index contributed by atoms with van der Waals surface area (Å²) in [6.07, 6.45) is 27.1. The van der Waals surface area contributed by atoms with Gasteiger partial charge in [0.25, 0.3) is 0 Å². The third-order valence-electron chi connectivity index (χ3n) is 4.13. The van der Waals surface area contributed by atoms with Crippen molar-refractivity contribution in [2.24, 2.45) is 0 Å². The summed E-state index contributed by atoms with van der Waals surface area (Å²) in [5, 5.41) is 2.65. The summed E-state index contributed by atoms with van der Waals surface area (Å²) < 4.78 is 15.0. The Kier molecular flexibility index (Phi) is 18.6. The van der Waals surface area contributed by atoms with Crippen LogP contribution in [0.4, 0.5) is 0 Å². The average molecular weight is 442 g/mol. The van der Waals surface area contributed by atoms with Gasteiger partial charge in [0, 0.05) is 12.5 Å². The van der Waals surface area contributed by atoms with Crippen LogP contribution in [0.5, 0.6) is 0 Å². The van der Waals surface area contributed by atoms with E-state index in [1.54, 1.807) is 6.92 Å². The van der Waals surface area contributed by atoms with Gasteiger partial charge in [-0.05, 0) is 51.9 Å². The van der Waals surface area contributed by atoms with E-state index in [0.717, 1.165) is 32.1 Å². The minimum absolute atomic E-state index is 0.146. The maximum absolute atomic E-state index is 11.7. The molecule has 0 fully saturated rings. The van der Waals surface area contributed by atoms with E-state index < -0.39 is 13.9 Å². The van der Waals surface area contributed by atoms with Crippen LogP contribution >= 0.6 is 7.82 Å². The van der Waals surface area contributed by atoms with E-state index in [1.807, 2.05) is 0 Å². The Morgan fingerprint density at radius 3 is 1.90 bits per heavy atom. The van der Waals surface area contributed by atoms with Crippen molar-refractivity contribution in [3.05, 3.63) is 48.6 Å².